The fourth-order valence-corrected chi connectivity index (χ4v) is 1.30. The van der Waals surface area contributed by atoms with E-state index in [-0.39, 0.29) is 5.76 Å². The predicted octanol–water partition coefficient (Wildman–Crippen LogP) is 1.61. The van der Waals surface area contributed by atoms with Gasteiger partial charge in [0.25, 0.3) is 0 Å². The molecule has 0 radical (unpaired) electrons. The minimum Gasteiger partial charge on any atom is -0.426 e. The molecule has 0 atom stereocenters. The predicted molar refractivity (Wildman–Crippen MR) is 63.5 cm³/mol. The quantitative estimate of drug-likeness (QED) is 0.404. The van der Waals surface area contributed by atoms with E-state index in [2.05, 4.69) is 6.58 Å². The van der Waals surface area contributed by atoms with E-state index in [1.807, 2.05) is 13.0 Å². The molecule has 0 N–H and O–H groups in total. The Morgan fingerprint density at radius 2 is 2.06 bits per heavy atom. The van der Waals surface area contributed by atoms with E-state index in [1.165, 1.54) is 6.08 Å². The second-order valence-corrected chi connectivity index (χ2v) is 5.29. The second kappa shape index (κ2) is 7.00. The summed E-state index contributed by atoms with van der Waals surface area (Å²) < 4.78 is 26.4. The standard InChI is InChI=1S/C11H16O4S/c1-4-6-7-8-10(5-2)15-11(12)9-16(3,13)14/h5-8H,2,4,9H2,1,3H3/b7-6-,10-8+. The van der Waals surface area contributed by atoms with Crippen molar-refractivity contribution >= 4 is 15.8 Å². The molecule has 5 heteroatoms. The van der Waals surface area contributed by atoms with Crippen LogP contribution in [0, 0.1) is 0 Å². The SMILES string of the molecule is C=C/C(=C\C=C/CC)OC(=O)CS(C)(=O)=O. The molecule has 90 valence electrons. The molecule has 0 rings (SSSR count). The van der Waals surface area contributed by atoms with Crippen LogP contribution in [0.3, 0.4) is 0 Å². The van der Waals surface area contributed by atoms with Crippen LogP contribution >= 0.6 is 0 Å². The van der Waals surface area contributed by atoms with Crippen LogP contribution in [0.2, 0.25) is 0 Å². The smallest absolute Gasteiger partial charge is 0.326 e. The Kier molecular flexibility index (Phi) is 6.41. The molecule has 0 heterocycles. The summed E-state index contributed by atoms with van der Waals surface area (Å²) in [5.41, 5.74) is 0. The number of carbonyl (C=O) groups is 1. The minimum atomic E-state index is -3.36. The van der Waals surface area contributed by atoms with Crippen molar-refractivity contribution in [3.63, 3.8) is 0 Å². The monoisotopic (exact) mass is 244 g/mol. The topological polar surface area (TPSA) is 60.4 Å². The lowest BCUT2D eigenvalue weighted by Crippen LogP contribution is -2.16. The van der Waals surface area contributed by atoms with E-state index in [0.29, 0.717) is 0 Å². The van der Waals surface area contributed by atoms with Gasteiger partial charge in [0.15, 0.2) is 9.84 Å². The maximum absolute atomic E-state index is 11.1. The number of hydrogen-bond acceptors (Lipinski definition) is 4. The summed E-state index contributed by atoms with van der Waals surface area (Å²) >= 11 is 0. The van der Waals surface area contributed by atoms with Crippen molar-refractivity contribution in [1.29, 1.82) is 0 Å². The molecule has 0 aliphatic rings. The minimum absolute atomic E-state index is 0.235. The van der Waals surface area contributed by atoms with Gasteiger partial charge in [-0.1, -0.05) is 25.7 Å². The Bertz CT molecular complexity index is 402. The van der Waals surface area contributed by atoms with Crippen LogP contribution < -0.4 is 0 Å². The molecule has 0 aliphatic carbocycles. The van der Waals surface area contributed by atoms with Crippen LogP contribution in [0.15, 0.2) is 36.6 Å². The Balaban J connectivity index is 4.45. The number of esters is 1. The van der Waals surface area contributed by atoms with Crippen LogP contribution in [0.4, 0.5) is 0 Å². The van der Waals surface area contributed by atoms with Gasteiger partial charge in [0.2, 0.25) is 0 Å². The lowest BCUT2D eigenvalue weighted by molar-refractivity contribution is -0.135. The molecule has 0 aliphatic heterocycles. The van der Waals surface area contributed by atoms with E-state index in [9.17, 15) is 13.2 Å². The third-order valence-electron chi connectivity index (χ3n) is 1.45. The van der Waals surface area contributed by atoms with Crippen LogP contribution in [-0.4, -0.2) is 26.4 Å². The summed E-state index contributed by atoms with van der Waals surface area (Å²) in [5.74, 6) is -1.20. The van der Waals surface area contributed by atoms with Gasteiger partial charge in [-0.2, -0.15) is 0 Å². The molecule has 0 bridgehead atoms. The first-order valence-electron chi connectivity index (χ1n) is 4.76. The van der Waals surface area contributed by atoms with Gasteiger partial charge in [-0.3, -0.25) is 4.79 Å². The molecule has 0 saturated carbocycles. The van der Waals surface area contributed by atoms with E-state index in [4.69, 9.17) is 4.74 Å². The Morgan fingerprint density at radius 3 is 2.50 bits per heavy atom. The summed E-state index contributed by atoms with van der Waals surface area (Å²) in [7, 11) is -3.36. The van der Waals surface area contributed by atoms with Gasteiger partial charge in [0.1, 0.15) is 11.5 Å². The van der Waals surface area contributed by atoms with Crippen LogP contribution in [0.5, 0.6) is 0 Å². The van der Waals surface area contributed by atoms with Crippen molar-refractivity contribution in [3.8, 4) is 0 Å². The van der Waals surface area contributed by atoms with Crippen LogP contribution in [-0.2, 0) is 19.4 Å². The van der Waals surface area contributed by atoms with Crippen molar-refractivity contribution < 1.29 is 17.9 Å². The van der Waals surface area contributed by atoms with Gasteiger partial charge in [-0.05, 0) is 18.6 Å². The van der Waals surface area contributed by atoms with E-state index < -0.39 is 21.6 Å². The summed E-state index contributed by atoms with van der Waals surface area (Å²) in [6.07, 6.45) is 8.32. The molecule has 16 heavy (non-hydrogen) atoms. The van der Waals surface area contributed by atoms with Crippen LogP contribution in [0.1, 0.15) is 13.3 Å². The zero-order chi connectivity index (χ0) is 12.6. The molecule has 0 aromatic carbocycles. The van der Waals surface area contributed by atoms with Crippen LogP contribution in [0.25, 0.3) is 0 Å². The van der Waals surface area contributed by atoms with Gasteiger partial charge in [0.05, 0.1) is 0 Å². The number of ether oxygens (including phenoxy) is 1. The Morgan fingerprint density at radius 1 is 1.44 bits per heavy atom. The number of hydrogen-bond donors (Lipinski definition) is 0. The Hall–Kier alpha value is -1.36. The zero-order valence-corrected chi connectivity index (χ0v) is 10.3. The van der Waals surface area contributed by atoms with Crippen molar-refractivity contribution in [2.24, 2.45) is 0 Å². The number of allylic oxidation sites excluding steroid dienone is 4. The van der Waals surface area contributed by atoms with Gasteiger partial charge in [-0.15, -0.1) is 0 Å². The largest absolute Gasteiger partial charge is 0.426 e. The Labute approximate surface area is 96.2 Å². The molecule has 4 nitrogen and oxygen atoms in total. The van der Waals surface area contributed by atoms with Gasteiger partial charge in [0, 0.05) is 6.26 Å². The fraction of sp³-hybridized carbons (Fsp3) is 0.364. The first-order valence-corrected chi connectivity index (χ1v) is 6.82. The molecule has 0 fully saturated rings. The lowest BCUT2D eigenvalue weighted by atomic mass is 10.3. The highest BCUT2D eigenvalue weighted by molar-refractivity contribution is 7.91. The average molecular weight is 244 g/mol. The third-order valence-corrected chi connectivity index (χ3v) is 2.21. The third kappa shape index (κ3) is 7.99. The number of carbonyl (C=O) groups excluding carboxylic acids is 1. The highest BCUT2D eigenvalue weighted by Gasteiger charge is 2.12. The first kappa shape index (κ1) is 14.6. The number of sulfone groups is 1. The summed E-state index contributed by atoms with van der Waals surface area (Å²) in [6.45, 7) is 5.43. The summed E-state index contributed by atoms with van der Waals surface area (Å²) in [4.78, 5) is 11.1. The van der Waals surface area contributed by atoms with E-state index >= 15 is 0 Å². The van der Waals surface area contributed by atoms with E-state index in [0.717, 1.165) is 12.7 Å². The number of rotatable bonds is 6. The van der Waals surface area contributed by atoms with Crippen molar-refractivity contribution in [2.45, 2.75) is 13.3 Å². The van der Waals surface area contributed by atoms with E-state index in [1.54, 1.807) is 12.2 Å². The summed E-state index contributed by atoms with van der Waals surface area (Å²) in [5, 5.41) is 0. The molecule has 0 spiro atoms. The molecule has 0 amide bonds. The molecule has 0 aromatic heterocycles. The molecule has 0 saturated heterocycles. The molecule has 0 unspecified atom stereocenters. The van der Waals surface area contributed by atoms with Crippen molar-refractivity contribution in [1.82, 2.24) is 0 Å². The zero-order valence-electron chi connectivity index (χ0n) is 9.47. The van der Waals surface area contributed by atoms with Crippen molar-refractivity contribution in [2.75, 3.05) is 12.0 Å². The highest BCUT2D eigenvalue weighted by atomic mass is 32.2. The molecular weight excluding hydrogens is 228 g/mol. The highest BCUT2D eigenvalue weighted by Crippen LogP contribution is 2.01. The fourth-order valence-electron chi connectivity index (χ4n) is 0.818. The summed E-state index contributed by atoms with van der Waals surface area (Å²) in [6, 6.07) is 0. The molecular formula is C11H16O4S. The second-order valence-electron chi connectivity index (χ2n) is 3.15. The molecule has 0 aromatic rings. The maximum Gasteiger partial charge on any atom is 0.326 e. The first-order chi connectivity index (χ1) is 7.39. The normalized spacial score (nSPS) is 12.8. The van der Waals surface area contributed by atoms with Gasteiger partial charge < -0.3 is 4.74 Å². The lowest BCUT2D eigenvalue weighted by Gasteiger charge is -2.02. The van der Waals surface area contributed by atoms with Gasteiger partial charge >= 0.3 is 5.97 Å². The van der Waals surface area contributed by atoms with Crippen molar-refractivity contribution in [3.05, 3.63) is 36.6 Å². The average Bonchev–Trinajstić information content (AvgIpc) is 2.13. The maximum atomic E-state index is 11.1. The van der Waals surface area contributed by atoms with Gasteiger partial charge in [-0.25, -0.2) is 8.42 Å².